The van der Waals surface area contributed by atoms with Crippen molar-refractivity contribution in [2.75, 3.05) is 25.0 Å². The van der Waals surface area contributed by atoms with E-state index < -0.39 is 0 Å². The first-order valence-electron chi connectivity index (χ1n) is 6.31. The number of nitrogens with one attached hydrogen (secondary N) is 1. The van der Waals surface area contributed by atoms with E-state index in [1.165, 1.54) is 6.42 Å². The fraction of sp³-hybridized carbons (Fsp3) is 0.538. The van der Waals surface area contributed by atoms with Crippen LogP contribution in [0.5, 0.6) is 0 Å². The monoisotopic (exact) mass is 233 g/mol. The van der Waals surface area contributed by atoms with Gasteiger partial charge in [0, 0.05) is 25.8 Å². The van der Waals surface area contributed by atoms with Gasteiger partial charge in [-0.15, -0.1) is 0 Å². The zero-order valence-corrected chi connectivity index (χ0v) is 10.3. The third-order valence-corrected chi connectivity index (χ3v) is 3.03. The average molecular weight is 233 g/mol. The quantitative estimate of drug-likeness (QED) is 0.870. The number of aromatic nitrogens is 1. The number of hydrogen-bond donors (Lipinski definition) is 1. The van der Waals surface area contributed by atoms with Crippen LogP contribution in [0.3, 0.4) is 0 Å². The number of pyridine rings is 1. The zero-order valence-electron chi connectivity index (χ0n) is 10.3. The number of nitrogens with zero attached hydrogens (tertiary/aromatic N) is 2. The van der Waals surface area contributed by atoms with Crippen LogP contribution in [0.1, 0.15) is 36.5 Å². The van der Waals surface area contributed by atoms with E-state index in [1.807, 2.05) is 24.0 Å². The third kappa shape index (κ3) is 2.75. The van der Waals surface area contributed by atoms with Crippen LogP contribution < -0.4 is 5.32 Å². The highest BCUT2D eigenvalue weighted by Crippen LogP contribution is 2.17. The van der Waals surface area contributed by atoms with E-state index in [0.717, 1.165) is 32.5 Å². The molecule has 1 saturated heterocycles. The lowest BCUT2D eigenvalue weighted by Gasteiger charge is -2.27. The van der Waals surface area contributed by atoms with E-state index in [9.17, 15) is 4.79 Å². The van der Waals surface area contributed by atoms with Crippen molar-refractivity contribution in [3.8, 4) is 0 Å². The second-order valence-corrected chi connectivity index (χ2v) is 4.28. The number of carbonyl (C=O) groups is 1. The first-order chi connectivity index (χ1) is 8.33. The minimum Gasteiger partial charge on any atom is -0.370 e. The van der Waals surface area contributed by atoms with Gasteiger partial charge in [0.2, 0.25) is 0 Å². The molecule has 0 spiro atoms. The summed E-state index contributed by atoms with van der Waals surface area (Å²) < 4.78 is 0. The fourth-order valence-corrected chi connectivity index (χ4v) is 2.15. The van der Waals surface area contributed by atoms with Gasteiger partial charge in [-0.1, -0.05) is 0 Å². The highest BCUT2D eigenvalue weighted by Gasteiger charge is 2.20. The minimum absolute atomic E-state index is 0.105. The van der Waals surface area contributed by atoms with Crippen molar-refractivity contribution in [3.05, 3.63) is 23.9 Å². The van der Waals surface area contributed by atoms with Crippen LogP contribution in [0.4, 0.5) is 5.82 Å². The summed E-state index contributed by atoms with van der Waals surface area (Å²) >= 11 is 0. The number of hydrogen-bond acceptors (Lipinski definition) is 3. The summed E-state index contributed by atoms with van der Waals surface area (Å²) in [5, 5.41) is 3.14. The molecule has 0 aromatic carbocycles. The molecule has 2 heterocycles. The normalized spacial score (nSPS) is 15.7. The molecule has 4 nitrogen and oxygen atoms in total. The Hall–Kier alpha value is -1.58. The number of rotatable bonds is 3. The van der Waals surface area contributed by atoms with Gasteiger partial charge in [-0.3, -0.25) is 4.79 Å². The Bertz CT molecular complexity index is 386. The number of carbonyl (C=O) groups excluding carboxylic acids is 1. The van der Waals surface area contributed by atoms with Gasteiger partial charge in [0.05, 0.1) is 5.56 Å². The van der Waals surface area contributed by atoms with Crippen molar-refractivity contribution >= 4 is 11.7 Å². The summed E-state index contributed by atoms with van der Waals surface area (Å²) in [7, 11) is 0. The average Bonchev–Trinajstić information content (AvgIpc) is 2.40. The van der Waals surface area contributed by atoms with Crippen LogP contribution in [0, 0.1) is 0 Å². The molecule has 0 unspecified atom stereocenters. The highest BCUT2D eigenvalue weighted by atomic mass is 16.2. The molecular weight excluding hydrogens is 214 g/mol. The molecule has 0 radical (unpaired) electrons. The van der Waals surface area contributed by atoms with Gasteiger partial charge >= 0.3 is 0 Å². The molecule has 1 N–H and O–H groups in total. The lowest BCUT2D eigenvalue weighted by molar-refractivity contribution is 0.0725. The second-order valence-electron chi connectivity index (χ2n) is 4.28. The Morgan fingerprint density at radius 2 is 2.18 bits per heavy atom. The molecule has 1 aromatic heterocycles. The SMILES string of the molecule is CCNc1ncccc1C(=O)N1CCCCC1. The fourth-order valence-electron chi connectivity index (χ4n) is 2.15. The van der Waals surface area contributed by atoms with Crippen molar-refractivity contribution < 1.29 is 4.79 Å². The molecule has 0 atom stereocenters. The van der Waals surface area contributed by atoms with E-state index >= 15 is 0 Å². The summed E-state index contributed by atoms with van der Waals surface area (Å²) in [4.78, 5) is 18.5. The molecule has 17 heavy (non-hydrogen) atoms. The van der Waals surface area contributed by atoms with Crippen molar-refractivity contribution in [1.29, 1.82) is 0 Å². The summed E-state index contributed by atoms with van der Waals surface area (Å²) in [5.74, 6) is 0.805. The van der Waals surface area contributed by atoms with Crippen LogP contribution in [0.2, 0.25) is 0 Å². The van der Waals surface area contributed by atoms with Gasteiger partial charge in [-0.25, -0.2) is 4.98 Å². The van der Waals surface area contributed by atoms with E-state index in [4.69, 9.17) is 0 Å². The Morgan fingerprint density at radius 3 is 2.88 bits per heavy atom. The number of piperidine rings is 1. The molecular formula is C13H19N3O. The first kappa shape index (κ1) is 11.9. The van der Waals surface area contributed by atoms with Gasteiger partial charge in [-0.05, 0) is 38.3 Å². The highest BCUT2D eigenvalue weighted by molar-refractivity contribution is 5.98. The standard InChI is InChI=1S/C13H19N3O/c1-2-14-12-11(7-6-8-15-12)13(17)16-9-4-3-5-10-16/h6-8H,2-5,9-10H2,1H3,(H,14,15). The van der Waals surface area contributed by atoms with Crippen LogP contribution in [-0.2, 0) is 0 Å². The predicted octanol–water partition coefficient (Wildman–Crippen LogP) is 2.14. The summed E-state index contributed by atoms with van der Waals surface area (Å²) in [6, 6.07) is 3.67. The Labute approximate surface area is 102 Å². The van der Waals surface area contributed by atoms with Crippen LogP contribution >= 0.6 is 0 Å². The second kappa shape index (κ2) is 5.66. The largest absolute Gasteiger partial charge is 0.370 e. The summed E-state index contributed by atoms with van der Waals surface area (Å²) in [6.07, 6.45) is 5.17. The maximum atomic E-state index is 12.3. The molecule has 1 aliphatic heterocycles. The molecule has 1 fully saturated rings. The summed E-state index contributed by atoms with van der Waals surface area (Å²) in [5.41, 5.74) is 0.691. The molecule has 0 aliphatic carbocycles. The van der Waals surface area contributed by atoms with Gasteiger partial charge in [0.15, 0.2) is 0 Å². The lowest BCUT2D eigenvalue weighted by Crippen LogP contribution is -2.36. The number of likely N-dealkylation sites (tertiary alicyclic amines) is 1. The van der Waals surface area contributed by atoms with Crippen LogP contribution in [0.15, 0.2) is 18.3 Å². The van der Waals surface area contributed by atoms with Crippen LogP contribution in [-0.4, -0.2) is 35.4 Å². The van der Waals surface area contributed by atoms with Crippen molar-refractivity contribution in [1.82, 2.24) is 9.88 Å². The van der Waals surface area contributed by atoms with Crippen molar-refractivity contribution in [2.24, 2.45) is 0 Å². The molecule has 0 bridgehead atoms. The van der Waals surface area contributed by atoms with Crippen LogP contribution in [0.25, 0.3) is 0 Å². The molecule has 0 saturated carbocycles. The summed E-state index contributed by atoms with van der Waals surface area (Å²) in [6.45, 7) is 4.53. The van der Waals surface area contributed by atoms with E-state index in [0.29, 0.717) is 11.4 Å². The predicted molar refractivity (Wildman–Crippen MR) is 68.2 cm³/mol. The molecule has 1 aliphatic rings. The van der Waals surface area contributed by atoms with Gasteiger partial charge < -0.3 is 10.2 Å². The minimum atomic E-state index is 0.105. The maximum absolute atomic E-state index is 12.3. The first-order valence-corrected chi connectivity index (χ1v) is 6.31. The van der Waals surface area contributed by atoms with Gasteiger partial charge in [-0.2, -0.15) is 0 Å². The topological polar surface area (TPSA) is 45.2 Å². The Balaban J connectivity index is 2.17. The maximum Gasteiger partial charge on any atom is 0.257 e. The third-order valence-electron chi connectivity index (χ3n) is 3.03. The lowest BCUT2D eigenvalue weighted by atomic mass is 10.1. The van der Waals surface area contributed by atoms with Crippen molar-refractivity contribution in [2.45, 2.75) is 26.2 Å². The zero-order chi connectivity index (χ0) is 12.1. The van der Waals surface area contributed by atoms with E-state index in [-0.39, 0.29) is 5.91 Å². The van der Waals surface area contributed by atoms with E-state index in [2.05, 4.69) is 10.3 Å². The van der Waals surface area contributed by atoms with Gasteiger partial charge in [0.25, 0.3) is 5.91 Å². The molecule has 1 aromatic rings. The smallest absolute Gasteiger partial charge is 0.257 e. The Kier molecular flexibility index (Phi) is 3.96. The number of amides is 1. The molecule has 1 amide bonds. The van der Waals surface area contributed by atoms with Gasteiger partial charge in [0.1, 0.15) is 5.82 Å². The Morgan fingerprint density at radius 1 is 1.41 bits per heavy atom. The number of anilines is 1. The van der Waals surface area contributed by atoms with Crippen molar-refractivity contribution in [3.63, 3.8) is 0 Å². The van der Waals surface area contributed by atoms with E-state index in [1.54, 1.807) is 6.20 Å². The molecule has 4 heteroatoms. The molecule has 92 valence electrons. The molecule has 2 rings (SSSR count).